The molecule has 2 nitrogen and oxygen atoms in total. The van der Waals surface area contributed by atoms with Gasteiger partial charge in [-0.3, -0.25) is 4.79 Å². The van der Waals surface area contributed by atoms with Crippen LogP contribution in [0.4, 0.5) is 0 Å². The minimum absolute atomic E-state index is 0.735. The second-order valence-corrected chi connectivity index (χ2v) is 1.59. The number of rotatable bonds is 5. The van der Waals surface area contributed by atoms with Gasteiger partial charge in [0.15, 0.2) is 0 Å². The zero-order chi connectivity index (χ0) is 6.24. The molecular weight excluding hydrogens is 102 g/mol. The fraction of sp³-hybridized carbons (Fsp3) is 0.667. The zero-order valence-corrected chi connectivity index (χ0v) is 4.94. The van der Waals surface area contributed by atoms with Crippen LogP contribution >= 0.6 is 0 Å². The summed E-state index contributed by atoms with van der Waals surface area (Å²) < 4.78 is 0. The molecule has 0 saturated heterocycles. The molecule has 1 amide bonds. The molecule has 8 heavy (non-hydrogen) atoms. The van der Waals surface area contributed by atoms with Crippen molar-refractivity contribution in [2.24, 2.45) is 0 Å². The van der Waals surface area contributed by atoms with Gasteiger partial charge in [-0.2, -0.15) is 0 Å². The van der Waals surface area contributed by atoms with Crippen LogP contribution in [-0.4, -0.2) is 13.0 Å². The smallest absolute Gasteiger partial charge is 0.309 e. The molecular formula is C6H11NO. The SMILES string of the molecule is [CH2]CCCCN[C]=O. The molecule has 0 aliphatic heterocycles. The summed E-state index contributed by atoms with van der Waals surface area (Å²) in [6.45, 7) is 4.39. The van der Waals surface area contributed by atoms with Crippen molar-refractivity contribution in [3.05, 3.63) is 6.92 Å². The lowest BCUT2D eigenvalue weighted by Gasteiger charge is -1.92. The lowest BCUT2D eigenvalue weighted by atomic mass is 10.2. The Hall–Kier alpha value is -0.530. The highest BCUT2D eigenvalue weighted by Crippen LogP contribution is 1.89. The van der Waals surface area contributed by atoms with Gasteiger partial charge in [0.1, 0.15) is 0 Å². The van der Waals surface area contributed by atoms with E-state index < -0.39 is 0 Å². The van der Waals surface area contributed by atoms with E-state index in [1.165, 1.54) is 0 Å². The summed E-state index contributed by atoms with van der Waals surface area (Å²) in [7, 11) is 0. The van der Waals surface area contributed by atoms with Crippen molar-refractivity contribution < 1.29 is 4.79 Å². The highest BCUT2D eigenvalue weighted by Gasteiger charge is 1.81. The lowest BCUT2D eigenvalue weighted by molar-refractivity contribution is 0.539. The Morgan fingerprint density at radius 3 is 2.75 bits per heavy atom. The van der Waals surface area contributed by atoms with Gasteiger partial charge in [0.2, 0.25) is 0 Å². The number of amides is 1. The molecule has 2 radical (unpaired) electrons. The van der Waals surface area contributed by atoms with Gasteiger partial charge in [-0.05, 0) is 6.42 Å². The molecule has 0 rings (SSSR count). The van der Waals surface area contributed by atoms with Gasteiger partial charge in [0, 0.05) is 6.54 Å². The van der Waals surface area contributed by atoms with Crippen LogP contribution in [0.25, 0.3) is 0 Å². The number of unbranched alkanes of at least 4 members (excludes halogenated alkanes) is 2. The molecule has 0 bridgehead atoms. The molecule has 0 spiro atoms. The summed E-state index contributed by atoms with van der Waals surface area (Å²) >= 11 is 0. The van der Waals surface area contributed by atoms with Gasteiger partial charge in [0.05, 0.1) is 0 Å². The largest absolute Gasteiger partial charge is 0.348 e. The monoisotopic (exact) mass is 113 g/mol. The standard InChI is InChI=1S/C6H11NO/c1-2-3-4-5-7-6-8/h1-5H2,(H,7,8). The van der Waals surface area contributed by atoms with Crippen molar-refractivity contribution in [1.82, 2.24) is 5.32 Å². The van der Waals surface area contributed by atoms with E-state index in [1.54, 1.807) is 6.41 Å². The van der Waals surface area contributed by atoms with Gasteiger partial charge in [-0.25, -0.2) is 0 Å². The molecule has 0 saturated carbocycles. The summed E-state index contributed by atoms with van der Waals surface area (Å²) in [5, 5.41) is 2.45. The number of carbonyl (C=O) groups excluding carboxylic acids is 1. The molecule has 1 N–H and O–H groups in total. The molecule has 0 aliphatic carbocycles. The van der Waals surface area contributed by atoms with Crippen molar-refractivity contribution in [2.75, 3.05) is 6.54 Å². The van der Waals surface area contributed by atoms with E-state index in [-0.39, 0.29) is 0 Å². The fourth-order valence-corrected chi connectivity index (χ4v) is 0.441. The molecule has 2 heteroatoms. The Morgan fingerprint density at radius 1 is 1.50 bits per heavy atom. The quantitative estimate of drug-likeness (QED) is 0.411. The van der Waals surface area contributed by atoms with Crippen LogP contribution in [0.2, 0.25) is 0 Å². The summed E-state index contributed by atoms with van der Waals surface area (Å²) in [6, 6.07) is 0. The van der Waals surface area contributed by atoms with E-state index in [2.05, 4.69) is 12.2 Å². The van der Waals surface area contributed by atoms with E-state index in [0.717, 1.165) is 25.8 Å². The minimum atomic E-state index is 0.735. The molecule has 0 aromatic heterocycles. The van der Waals surface area contributed by atoms with Crippen LogP contribution in [0.1, 0.15) is 19.3 Å². The van der Waals surface area contributed by atoms with Gasteiger partial charge >= 0.3 is 6.41 Å². The van der Waals surface area contributed by atoms with Crippen LogP contribution in [0.5, 0.6) is 0 Å². The number of hydrogen-bond donors (Lipinski definition) is 1. The third-order valence-electron chi connectivity index (χ3n) is 0.874. The van der Waals surface area contributed by atoms with Gasteiger partial charge < -0.3 is 5.32 Å². The van der Waals surface area contributed by atoms with Crippen LogP contribution in [0.3, 0.4) is 0 Å². The summed E-state index contributed by atoms with van der Waals surface area (Å²) in [5.74, 6) is 0. The Labute approximate surface area is 50.3 Å². The number of hydrogen-bond acceptors (Lipinski definition) is 1. The van der Waals surface area contributed by atoms with Crippen molar-refractivity contribution in [2.45, 2.75) is 19.3 Å². The Balaban J connectivity index is 2.62. The van der Waals surface area contributed by atoms with E-state index in [1.807, 2.05) is 0 Å². The van der Waals surface area contributed by atoms with Crippen LogP contribution < -0.4 is 5.32 Å². The Kier molecular flexibility index (Phi) is 6.04. The molecule has 0 aliphatic rings. The van der Waals surface area contributed by atoms with E-state index in [4.69, 9.17) is 0 Å². The van der Waals surface area contributed by atoms with E-state index in [9.17, 15) is 4.79 Å². The van der Waals surface area contributed by atoms with E-state index in [0.29, 0.717) is 0 Å². The first-order valence-corrected chi connectivity index (χ1v) is 2.81. The number of nitrogens with one attached hydrogen (secondary N) is 1. The summed E-state index contributed by atoms with van der Waals surface area (Å²) in [6.07, 6.45) is 4.64. The highest BCUT2D eigenvalue weighted by atomic mass is 16.1. The van der Waals surface area contributed by atoms with Gasteiger partial charge in [-0.1, -0.05) is 19.8 Å². The van der Waals surface area contributed by atoms with Crippen molar-refractivity contribution in [1.29, 1.82) is 0 Å². The molecule has 46 valence electrons. The summed E-state index contributed by atoms with van der Waals surface area (Å²) in [4.78, 5) is 9.52. The van der Waals surface area contributed by atoms with Crippen LogP contribution in [0, 0.1) is 6.92 Å². The topological polar surface area (TPSA) is 29.1 Å². The van der Waals surface area contributed by atoms with Gasteiger partial charge in [-0.15, -0.1) is 0 Å². The van der Waals surface area contributed by atoms with Crippen LogP contribution in [0.15, 0.2) is 0 Å². The van der Waals surface area contributed by atoms with E-state index >= 15 is 0 Å². The average Bonchev–Trinajstić information content (AvgIpc) is 1.81. The normalized spacial score (nSPS) is 8.62. The zero-order valence-electron chi connectivity index (χ0n) is 4.94. The molecule has 0 atom stereocenters. The first kappa shape index (κ1) is 7.47. The average molecular weight is 113 g/mol. The van der Waals surface area contributed by atoms with Crippen molar-refractivity contribution >= 4 is 6.41 Å². The maximum atomic E-state index is 9.52. The third kappa shape index (κ3) is 5.47. The molecule has 0 fully saturated rings. The Morgan fingerprint density at radius 2 is 2.25 bits per heavy atom. The van der Waals surface area contributed by atoms with Crippen molar-refractivity contribution in [3.63, 3.8) is 0 Å². The Bertz CT molecular complexity index is 54.5. The maximum Gasteiger partial charge on any atom is 0.309 e. The summed E-state index contributed by atoms with van der Waals surface area (Å²) in [5.41, 5.74) is 0. The molecule has 0 aromatic carbocycles. The third-order valence-corrected chi connectivity index (χ3v) is 0.874. The molecule has 0 aromatic rings. The maximum absolute atomic E-state index is 9.52. The predicted molar refractivity (Wildman–Crippen MR) is 32.9 cm³/mol. The molecule has 0 heterocycles. The second-order valence-electron chi connectivity index (χ2n) is 1.59. The second kappa shape index (κ2) is 6.47. The first-order valence-electron chi connectivity index (χ1n) is 2.81. The lowest BCUT2D eigenvalue weighted by Crippen LogP contribution is -2.11. The van der Waals surface area contributed by atoms with Gasteiger partial charge in [0.25, 0.3) is 0 Å². The van der Waals surface area contributed by atoms with Crippen LogP contribution in [-0.2, 0) is 4.79 Å². The van der Waals surface area contributed by atoms with Crippen molar-refractivity contribution in [3.8, 4) is 0 Å². The first-order chi connectivity index (χ1) is 3.91. The predicted octanol–water partition coefficient (Wildman–Crippen LogP) is 0.648. The fourth-order valence-electron chi connectivity index (χ4n) is 0.441. The highest BCUT2D eigenvalue weighted by molar-refractivity contribution is 5.46. The molecule has 0 unspecified atom stereocenters. The minimum Gasteiger partial charge on any atom is -0.348 e.